The van der Waals surface area contributed by atoms with Crippen molar-refractivity contribution in [2.45, 2.75) is 24.2 Å². The fourth-order valence-corrected chi connectivity index (χ4v) is 3.91. The van der Waals surface area contributed by atoms with Gasteiger partial charge in [-0.1, -0.05) is 98.7 Å². The van der Waals surface area contributed by atoms with E-state index in [-0.39, 0.29) is 43.1 Å². The number of rotatable bonds is 3. The van der Waals surface area contributed by atoms with Crippen LogP contribution in [-0.4, -0.2) is 20.0 Å². The summed E-state index contributed by atoms with van der Waals surface area (Å²) < 4.78 is 76.0. The van der Waals surface area contributed by atoms with Crippen LogP contribution >= 0.6 is 62.3 Å². The van der Waals surface area contributed by atoms with Crippen LogP contribution in [0.2, 0.25) is 20.1 Å². The molecule has 4 rings (SSSR count). The summed E-state index contributed by atoms with van der Waals surface area (Å²) in [5, 5.41) is 9.24. The van der Waals surface area contributed by atoms with Crippen molar-refractivity contribution >= 4 is 62.3 Å². The summed E-state index contributed by atoms with van der Waals surface area (Å²) in [4.78, 5) is 22.3. The lowest BCUT2D eigenvalue weighted by molar-refractivity contribution is -0.139. The summed E-state index contributed by atoms with van der Waals surface area (Å²) in [6.07, 6.45) is -6.37. The SMILES string of the molecule is FC(F)(F)c1ccccc1CBr.O=c1[nH]ncc(Cl)c1Cl.O=c1c(Cl)c(Cl)cnn1Cc1ccccc1C(F)(F)F. The van der Waals surface area contributed by atoms with Crippen molar-refractivity contribution in [3.05, 3.63) is 124 Å². The quantitative estimate of drug-likeness (QED) is 0.170. The first-order chi connectivity index (χ1) is 19.1. The molecule has 0 spiro atoms. The van der Waals surface area contributed by atoms with Crippen LogP contribution in [0.5, 0.6) is 0 Å². The number of H-pyrrole nitrogens is 1. The van der Waals surface area contributed by atoms with Gasteiger partial charge >= 0.3 is 12.4 Å². The lowest BCUT2D eigenvalue weighted by Gasteiger charge is -2.13. The first-order valence-corrected chi connectivity index (χ1v) is 13.4. The van der Waals surface area contributed by atoms with Crippen molar-refractivity contribution in [1.29, 1.82) is 0 Å². The van der Waals surface area contributed by atoms with Gasteiger partial charge in [0.2, 0.25) is 0 Å². The Morgan fingerprint density at radius 2 is 1.24 bits per heavy atom. The van der Waals surface area contributed by atoms with E-state index < -0.39 is 34.6 Å². The molecule has 0 radical (unpaired) electrons. The Hall–Kier alpha value is -2.58. The molecule has 220 valence electrons. The fraction of sp³-hybridized carbons (Fsp3) is 0.167. The average Bonchev–Trinajstić information content (AvgIpc) is 2.92. The molecule has 0 aliphatic heterocycles. The van der Waals surface area contributed by atoms with Gasteiger partial charge in [0.15, 0.2) is 0 Å². The molecule has 0 bridgehead atoms. The molecule has 0 atom stereocenters. The topological polar surface area (TPSA) is 80.6 Å². The Labute approximate surface area is 255 Å². The molecular formula is C24H15BrCl4F6N4O2. The highest BCUT2D eigenvalue weighted by Crippen LogP contribution is 2.33. The second kappa shape index (κ2) is 15.1. The number of nitrogens with one attached hydrogen (secondary N) is 1. The van der Waals surface area contributed by atoms with Gasteiger partial charge in [-0.25, -0.2) is 9.78 Å². The molecule has 2 aromatic heterocycles. The number of aromatic nitrogens is 4. The van der Waals surface area contributed by atoms with E-state index in [1.807, 2.05) is 0 Å². The second-order valence-electron chi connectivity index (χ2n) is 7.57. The smallest absolute Gasteiger partial charge is 0.266 e. The van der Waals surface area contributed by atoms with E-state index in [9.17, 15) is 35.9 Å². The number of alkyl halides is 7. The van der Waals surface area contributed by atoms with Crippen LogP contribution in [0.15, 0.2) is 70.5 Å². The Morgan fingerprint density at radius 1 is 0.756 bits per heavy atom. The Bertz CT molecular complexity index is 1600. The van der Waals surface area contributed by atoms with Gasteiger partial charge in [-0.15, -0.1) is 0 Å². The first-order valence-electron chi connectivity index (χ1n) is 10.7. The van der Waals surface area contributed by atoms with Crippen LogP contribution < -0.4 is 11.1 Å². The first kappa shape index (κ1) is 34.6. The van der Waals surface area contributed by atoms with Crippen molar-refractivity contribution in [3.8, 4) is 0 Å². The summed E-state index contributed by atoms with van der Waals surface area (Å²) >= 11 is 25.0. The highest BCUT2D eigenvalue weighted by Gasteiger charge is 2.33. The summed E-state index contributed by atoms with van der Waals surface area (Å²) in [5.41, 5.74) is -2.40. The van der Waals surface area contributed by atoms with Crippen LogP contribution in [0.3, 0.4) is 0 Å². The van der Waals surface area contributed by atoms with E-state index in [0.29, 0.717) is 0 Å². The van der Waals surface area contributed by atoms with Crippen molar-refractivity contribution in [1.82, 2.24) is 20.0 Å². The number of nitrogens with zero attached hydrogens (tertiary/aromatic N) is 3. The number of hydrogen-bond donors (Lipinski definition) is 1. The molecule has 17 heteroatoms. The predicted molar refractivity (Wildman–Crippen MR) is 148 cm³/mol. The lowest BCUT2D eigenvalue weighted by atomic mass is 10.1. The molecule has 0 aliphatic carbocycles. The largest absolute Gasteiger partial charge is 0.416 e. The lowest BCUT2D eigenvalue weighted by Crippen LogP contribution is -2.25. The maximum atomic E-state index is 12.8. The molecule has 0 fully saturated rings. The molecular weight excluding hydrogens is 712 g/mol. The second-order valence-corrected chi connectivity index (χ2v) is 9.70. The van der Waals surface area contributed by atoms with E-state index >= 15 is 0 Å². The van der Waals surface area contributed by atoms with Crippen molar-refractivity contribution < 1.29 is 26.3 Å². The van der Waals surface area contributed by atoms with Crippen molar-refractivity contribution in [3.63, 3.8) is 0 Å². The van der Waals surface area contributed by atoms with Crippen LogP contribution in [0.25, 0.3) is 0 Å². The highest BCUT2D eigenvalue weighted by molar-refractivity contribution is 9.08. The summed E-state index contributed by atoms with van der Waals surface area (Å²) in [6, 6.07) is 10.5. The van der Waals surface area contributed by atoms with E-state index in [0.717, 1.165) is 23.0 Å². The molecule has 0 unspecified atom stereocenters. The molecule has 41 heavy (non-hydrogen) atoms. The summed E-state index contributed by atoms with van der Waals surface area (Å²) in [5.74, 6) is 0. The van der Waals surface area contributed by atoms with Crippen molar-refractivity contribution in [2.24, 2.45) is 0 Å². The third-order valence-corrected chi connectivity index (χ3v) is 6.92. The molecule has 0 amide bonds. The number of hydrogen-bond acceptors (Lipinski definition) is 4. The Balaban J connectivity index is 0.000000237. The zero-order chi connectivity index (χ0) is 31.0. The van der Waals surface area contributed by atoms with Crippen LogP contribution in [0.1, 0.15) is 22.3 Å². The van der Waals surface area contributed by atoms with Gasteiger partial charge < -0.3 is 0 Å². The van der Waals surface area contributed by atoms with Gasteiger partial charge in [-0.05, 0) is 23.3 Å². The molecule has 2 heterocycles. The standard InChI is InChI=1S/C12H7Cl2F3N2O.C8H6BrF3.C4H2Cl2N2O/c13-9-5-18-19(11(20)10(9)14)6-7-3-1-2-4-8(7)12(15,16)17;9-5-6-3-1-2-4-7(6)8(10,11)12;5-2-1-7-8-4(9)3(2)6/h1-5H,6H2;1-4H,5H2;1H,(H,8,9). The monoisotopic (exact) mass is 724 g/mol. The molecule has 2 aromatic carbocycles. The summed E-state index contributed by atoms with van der Waals surface area (Å²) in [6.45, 7) is -0.342. The molecule has 0 saturated carbocycles. The molecule has 0 aliphatic rings. The van der Waals surface area contributed by atoms with Gasteiger partial charge in [0, 0.05) is 5.33 Å². The van der Waals surface area contributed by atoms with Crippen LogP contribution in [0, 0.1) is 0 Å². The van der Waals surface area contributed by atoms with Gasteiger partial charge in [0.05, 0.1) is 40.1 Å². The average molecular weight is 727 g/mol. The van der Waals surface area contributed by atoms with E-state index in [4.69, 9.17) is 46.4 Å². The fourth-order valence-electron chi connectivity index (χ4n) is 2.93. The third-order valence-electron chi connectivity index (χ3n) is 4.80. The Kier molecular flexibility index (Phi) is 12.7. The minimum absolute atomic E-state index is 0.0216. The number of halogens is 11. The number of benzene rings is 2. The molecule has 6 nitrogen and oxygen atoms in total. The third kappa shape index (κ3) is 10.0. The minimum Gasteiger partial charge on any atom is -0.266 e. The Morgan fingerprint density at radius 3 is 1.71 bits per heavy atom. The highest BCUT2D eigenvalue weighted by atomic mass is 79.9. The van der Waals surface area contributed by atoms with Crippen molar-refractivity contribution in [2.75, 3.05) is 0 Å². The zero-order valence-electron chi connectivity index (χ0n) is 20.0. The normalized spacial score (nSPS) is 11.2. The van der Waals surface area contributed by atoms with Gasteiger partial charge in [0.25, 0.3) is 11.1 Å². The van der Waals surface area contributed by atoms with Crippen LogP contribution in [-0.2, 0) is 24.2 Å². The van der Waals surface area contributed by atoms with Gasteiger partial charge in [-0.2, -0.15) is 36.5 Å². The van der Waals surface area contributed by atoms with Crippen LogP contribution in [0.4, 0.5) is 26.3 Å². The zero-order valence-corrected chi connectivity index (χ0v) is 24.6. The molecule has 4 aromatic rings. The maximum absolute atomic E-state index is 12.8. The molecule has 0 saturated heterocycles. The number of aromatic amines is 1. The molecule has 1 N–H and O–H groups in total. The maximum Gasteiger partial charge on any atom is 0.416 e. The van der Waals surface area contributed by atoms with Gasteiger partial charge in [-0.3, -0.25) is 9.59 Å². The van der Waals surface area contributed by atoms with E-state index in [1.54, 1.807) is 6.07 Å². The minimum atomic E-state index is -4.50. The van der Waals surface area contributed by atoms with E-state index in [2.05, 4.69) is 31.2 Å². The summed E-state index contributed by atoms with van der Waals surface area (Å²) in [7, 11) is 0. The predicted octanol–water partition coefficient (Wildman–Crippen LogP) is 8.29. The van der Waals surface area contributed by atoms with E-state index in [1.165, 1.54) is 36.5 Å². The van der Waals surface area contributed by atoms with Gasteiger partial charge in [0.1, 0.15) is 10.0 Å².